The molecule has 0 fully saturated rings. The second-order valence-corrected chi connectivity index (χ2v) is 15.4. The van der Waals surface area contributed by atoms with Crippen LogP contribution in [0.25, 0.3) is 77.5 Å². The lowest BCUT2D eigenvalue weighted by atomic mass is 9.88. The minimum absolute atomic E-state index is 0.833. The molecule has 0 N–H and O–H groups in total. The summed E-state index contributed by atoms with van der Waals surface area (Å²) in [6.07, 6.45) is 0. The highest BCUT2D eigenvalue weighted by Crippen LogP contribution is 2.50. The number of hydrogen-bond acceptors (Lipinski definition) is 2. The van der Waals surface area contributed by atoms with Crippen molar-refractivity contribution in [3.05, 3.63) is 237 Å². The average molecular weight is 766 g/mol. The fraction of sp³-hybridized carbons (Fsp3) is 0. The molecule has 0 radical (unpaired) electrons. The first-order valence-electron chi connectivity index (χ1n) is 20.5. The molecule has 0 unspecified atom stereocenters. The van der Waals surface area contributed by atoms with Crippen molar-refractivity contribution in [1.29, 1.82) is 0 Å². The van der Waals surface area contributed by atoms with Gasteiger partial charge in [0.05, 0.1) is 0 Å². The molecule has 282 valence electrons. The van der Waals surface area contributed by atoms with Crippen LogP contribution >= 0.6 is 0 Å². The molecule has 0 saturated carbocycles. The molecule has 0 saturated heterocycles. The average Bonchev–Trinajstić information content (AvgIpc) is 3.33. The van der Waals surface area contributed by atoms with Gasteiger partial charge in [0, 0.05) is 34.1 Å². The molecule has 60 heavy (non-hydrogen) atoms. The Morgan fingerprint density at radius 3 is 1.17 bits per heavy atom. The zero-order valence-corrected chi connectivity index (χ0v) is 32.9. The molecule has 2 nitrogen and oxygen atoms in total. The van der Waals surface area contributed by atoms with E-state index in [4.69, 9.17) is 4.74 Å². The minimum Gasteiger partial charge on any atom is -0.456 e. The maximum absolute atomic E-state index is 6.84. The van der Waals surface area contributed by atoms with Crippen LogP contribution in [0, 0.1) is 0 Å². The number of nitrogens with zero attached hydrogens (tertiary/aromatic N) is 1. The number of ether oxygens (including phenoxy) is 1. The highest BCUT2D eigenvalue weighted by Gasteiger charge is 2.24. The summed E-state index contributed by atoms with van der Waals surface area (Å²) < 4.78 is 6.84. The zero-order valence-electron chi connectivity index (χ0n) is 32.9. The molecule has 0 bridgehead atoms. The summed E-state index contributed by atoms with van der Waals surface area (Å²) in [6, 6.07) is 84.8. The number of rotatable bonds is 8. The first-order chi connectivity index (χ1) is 29.7. The van der Waals surface area contributed by atoms with Crippen molar-refractivity contribution in [2.24, 2.45) is 0 Å². The van der Waals surface area contributed by atoms with Crippen LogP contribution in [0.5, 0.6) is 11.5 Å². The molecule has 10 aromatic rings. The first kappa shape index (κ1) is 35.2. The van der Waals surface area contributed by atoms with Crippen LogP contribution in [0.3, 0.4) is 0 Å². The van der Waals surface area contributed by atoms with Gasteiger partial charge in [-0.1, -0.05) is 158 Å². The molecule has 0 aromatic heterocycles. The van der Waals surface area contributed by atoms with E-state index >= 15 is 0 Å². The second kappa shape index (κ2) is 15.1. The highest BCUT2D eigenvalue weighted by molar-refractivity contribution is 6.07. The largest absolute Gasteiger partial charge is 0.456 e. The van der Waals surface area contributed by atoms with Gasteiger partial charge in [-0.2, -0.15) is 0 Å². The van der Waals surface area contributed by atoms with Gasteiger partial charge in [-0.3, -0.25) is 0 Å². The molecule has 1 heterocycles. The van der Waals surface area contributed by atoms with E-state index in [2.05, 4.69) is 241 Å². The smallest absolute Gasteiger partial charge is 0.137 e. The summed E-state index contributed by atoms with van der Waals surface area (Å²) in [5.41, 5.74) is 17.3. The van der Waals surface area contributed by atoms with Crippen molar-refractivity contribution < 1.29 is 4.74 Å². The van der Waals surface area contributed by atoms with E-state index in [9.17, 15) is 0 Å². The van der Waals surface area contributed by atoms with E-state index in [0.29, 0.717) is 0 Å². The minimum atomic E-state index is 0.833. The Bertz CT molecular complexity index is 2980. The maximum atomic E-state index is 6.84. The quantitative estimate of drug-likeness (QED) is 0.153. The van der Waals surface area contributed by atoms with Gasteiger partial charge in [0.2, 0.25) is 0 Å². The zero-order chi connectivity index (χ0) is 39.8. The predicted octanol–water partition coefficient (Wildman–Crippen LogP) is 16.4. The summed E-state index contributed by atoms with van der Waals surface area (Å²) in [5.74, 6) is 1.70. The van der Waals surface area contributed by atoms with Crippen molar-refractivity contribution >= 4 is 27.8 Å². The Hall–Kier alpha value is -7.94. The van der Waals surface area contributed by atoms with E-state index in [-0.39, 0.29) is 0 Å². The predicted molar refractivity (Wildman–Crippen MR) is 251 cm³/mol. The summed E-state index contributed by atoms with van der Waals surface area (Å²) >= 11 is 0. The third-order valence-corrected chi connectivity index (χ3v) is 11.6. The molecule has 0 amide bonds. The Kier molecular flexibility index (Phi) is 8.87. The lowest BCUT2D eigenvalue weighted by molar-refractivity contribution is 0.487. The molecule has 10 aromatic carbocycles. The van der Waals surface area contributed by atoms with Crippen molar-refractivity contribution in [3.63, 3.8) is 0 Å². The van der Waals surface area contributed by atoms with Crippen LogP contribution in [0.2, 0.25) is 0 Å². The van der Waals surface area contributed by atoms with E-state index in [1.807, 2.05) is 0 Å². The Morgan fingerprint density at radius 2 is 0.667 bits per heavy atom. The summed E-state index contributed by atoms with van der Waals surface area (Å²) in [6.45, 7) is 0. The normalized spacial score (nSPS) is 11.5. The van der Waals surface area contributed by atoms with Gasteiger partial charge in [0.1, 0.15) is 11.5 Å². The van der Waals surface area contributed by atoms with Gasteiger partial charge in [-0.05, 0) is 139 Å². The summed E-state index contributed by atoms with van der Waals surface area (Å²) in [7, 11) is 0. The summed E-state index contributed by atoms with van der Waals surface area (Å²) in [4.78, 5) is 2.32. The van der Waals surface area contributed by atoms with Gasteiger partial charge in [-0.15, -0.1) is 0 Å². The van der Waals surface area contributed by atoms with Gasteiger partial charge in [0.15, 0.2) is 0 Å². The lowest BCUT2D eigenvalue weighted by Gasteiger charge is -2.28. The van der Waals surface area contributed by atoms with Crippen molar-refractivity contribution in [1.82, 2.24) is 0 Å². The van der Waals surface area contributed by atoms with Crippen LogP contribution in [0.1, 0.15) is 0 Å². The molecule has 2 heteroatoms. The number of benzene rings is 10. The van der Waals surface area contributed by atoms with Gasteiger partial charge in [-0.25, -0.2) is 0 Å². The first-order valence-corrected chi connectivity index (χ1v) is 20.5. The third-order valence-electron chi connectivity index (χ3n) is 11.6. The standard InChI is InChI=1S/C58H39NO/c1-5-14-40(15-6-1)44-24-28-51(29-25-44)59(52-30-26-45(27-31-52)41-16-7-2-8-17-41)53-32-33-54-55-38-50(34-46-22-13-23-56(58(46)55)60-57(54)39-53)49-36-47(42-18-9-3-10-19-42)35-48(37-49)43-20-11-4-12-21-43/h1-39H. The molecular weight excluding hydrogens is 727 g/mol. The van der Waals surface area contributed by atoms with Gasteiger partial charge in [0.25, 0.3) is 0 Å². The van der Waals surface area contributed by atoms with E-state index in [1.54, 1.807) is 0 Å². The highest BCUT2D eigenvalue weighted by atomic mass is 16.5. The maximum Gasteiger partial charge on any atom is 0.137 e. The van der Waals surface area contributed by atoms with Crippen molar-refractivity contribution in [2.45, 2.75) is 0 Å². The molecule has 0 spiro atoms. The monoisotopic (exact) mass is 765 g/mol. The Labute approximate surface area is 350 Å². The lowest BCUT2D eigenvalue weighted by Crippen LogP contribution is -2.10. The van der Waals surface area contributed by atoms with Crippen LogP contribution in [0.4, 0.5) is 17.1 Å². The van der Waals surface area contributed by atoms with Crippen LogP contribution in [0.15, 0.2) is 237 Å². The Morgan fingerprint density at radius 1 is 0.250 bits per heavy atom. The second-order valence-electron chi connectivity index (χ2n) is 15.4. The van der Waals surface area contributed by atoms with E-state index in [0.717, 1.165) is 44.9 Å². The van der Waals surface area contributed by atoms with Crippen LogP contribution in [-0.4, -0.2) is 0 Å². The van der Waals surface area contributed by atoms with Crippen molar-refractivity contribution in [3.8, 4) is 78.3 Å². The fourth-order valence-electron chi connectivity index (χ4n) is 8.64. The van der Waals surface area contributed by atoms with E-state index < -0.39 is 0 Å². The topological polar surface area (TPSA) is 12.5 Å². The number of fused-ring (bicyclic) bond motifs is 2. The van der Waals surface area contributed by atoms with Gasteiger partial charge < -0.3 is 9.64 Å². The SMILES string of the molecule is c1ccc(-c2ccc(N(c3ccc(-c4ccccc4)cc3)c3ccc4c(c3)Oc3cccc5cc(-c6cc(-c7ccccc7)cc(-c7ccccc7)c6)cc-4c35)cc2)cc1. The fourth-order valence-corrected chi connectivity index (χ4v) is 8.64. The van der Waals surface area contributed by atoms with Crippen molar-refractivity contribution in [2.75, 3.05) is 4.90 Å². The molecule has 0 atom stereocenters. The Balaban J connectivity index is 1.03. The number of anilines is 3. The van der Waals surface area contributed by atoms with Crippen LogP contribution in [-0.2, 0) is 0 Å². The molecular formula is C58H39NO. The van der Waals surface area contributed by atoms with Gasteiger partial charge >= 0.3 is 0 Å². The molecule has 11 rings (SSSR count). The molecule has 1 aliphatic rings. The van der Waals surface area contributed by atoms with Crippen LogP contribution < -0.4 is 9.64 Å². The molecule has 1 aliphatic heterocycles. The number of hydrogen-bond donors (Lipinski definition) is 0. The summed E-state index contributed by atoms with van der Waals surface area (Å²) in [5, 5.41) is 2.29. The molecule has 0 aliphatic carbocycles. The third kappa shape index (κ3) is 6.61. The van der Waals surface area contributed by atoms with E-state index in [1.165, 1.54) is 61.2 Å².